The lowest BCUT2D eigenvalue weighted by Gasteiger charge is -2.38. The molecule has 0 atom stereocenters. The summed E-state index contributed by atoms with van der Waals surface area (Å²) in [6.07, 6.45) is -3.25. The quantitative estimate of drug-likeness (QED) is 0.796. The highest BCUT2D eigenvalue weighted by atomic mass is 19.4. The van der Waals surface area contributed by atoms with Gasteiger partial charge in [-0.3, -0.25) is 4.79 Å². The number of hydrogen-bond donors (Lipinski definition) is 0. The van der Waals surface area contributed by atoms with Gasteiger partial charge < -0.3 is 9.64 Å². The number of alkyl halides is 3. The number of likely N-dealkylation sites (tertiary alicyclic amines) is 1. The standard InChI is InChI=1S/C14H14F3NO2/c1-2-13(19)18-7-12(8-18)20-9-10-4-3-5-11(6-10)14(15,16)17/h2-6,12H,1,7-9H2. The fourth-order valence-corrected chi connectivity index (χ4v) is 1.90. The monoisotopic (exact) mass is 285 g/mol. The van der Waals surface area contributed by atoms with E-state index in [4.69, 9.17) is 4.74 Å². The van der Waals surface area contributed by atoms with Crippen LogP contribution in [-0.2, 0) is 22.3 Å². The Morgan fingerprint density at radius 1 is 1.45 bits per heavy atom. The van der Waals surface area contributed by atoms with Crippen molar-refractivity contribution in [2.45, 2.75) is 18.9 Å². The molecule has 0 aromatic heterocycles. The van der Waals surface area contributed by atoms with Crippen LogP contribution in [-0.4, -0.2) is 30.0 Å². The van der Waals surface area contributed by atoms with Crippen LogP contribution in [0.4, 0.5) is 13.2 Å². The molecule has 1 fully saturated rings. The predicted octanol–water partition coefficient (Wildman–Crippen LogP) is 2.62. The van der Waals surface area contributed by atoms with Crippen LogP contribution in [0.1, 0.15) is 11.1 Å². The highest BCUT2D eigenvalue weighted by Crippen LogP contribution is 2.29. The Kier molecular flexibility index (Phi) is 4.13. The molecule has 0 aliphatic carbocycles. The molecule has 1 aromatic rings. The lowest BCUT2D eigenvalue weighted by Crippen LogP contribution is -2.54. The molecule has 6 heteroatoms. The second-order valence-corrected chi connectivity index (χ2v) is 4.58. The molecule has 2 rings (SSSR count). The minimum Gasteiger partial charge on any atom is -0.370 e. The molecule has 1 aliphatic rings. The van der Waals surface area contributed by atoms with E-state index < -0.39 is 11.7 Å². The molecule has 0 N–H and O–H groups in total. The third-order valence-electron chi connectivity index (χ3n) is 3.07. The first-order chi connectivity index (χ1) is 9.40. The van der Waals surface area contributed by atoms with E-state index in [1.54, 1.807) is 11.0 Å². The van der Waals surface area contributed by atoms with Gasteiger partial charge in [-0.05, 0) is 23.8 Å². The summed E-state index contributed by atoms with van der Waals surface area (Å²) < 4.78 is 43.0. The first kappa shape index (κ1) is 14.6. The van der Waals surface area contributed by atoms with Crippen molar-refractivity contribution in [1.82, 2.24) is 4.90 Å². The smallest absolute Gasteiger partial charge is 0.370 e. The van der Waals surface area contributed by atoms with Crippen LogP contribution >= 0.6 is 0 Å². The van der Waals surface area contributed by atoms with Gasteiger partial charge >= 0.3 is 6.18 Å². The predicted molar refractivity (Wildman–Crippen MR) is 66.8 cm³/mol. The van der Waals surface area contributed by atoms with Gasteiger partial charge in [-0.25, -0.2) is 0 Å². The first-order valence-electron chi connectivity index (χ1n) is 6.09. The summed E-state index contributed by atoms with van der Waals surface area (Å²) in [7, 11) is 0. The number of halogens is 3. The number of hydrogen-bond acceptors (Lipinski definition) is 2. The molecule has 0 unspecified atom stereocenters. The maximum Gasteiger partial charge on any atom is 0.416 e. The third-order valence-corrected chi connectivity index (χ3v) is 3.07. The zero-order valence-electron chi connectivity index (χ0n) is 10.7. The fourth-order valence-electron chi connectivity index (χ4n) is 1.90. The van der Waals surface area contributed by atoms with E-state index in [1.165, 1.54) is 12.1 Å². The van der Waals surface area contributed by atoms with Crippen LogP contribution in [0.3, 0.4) is 0 Å². The zero-order valence-corrected chi connectivity index (χ0v) is 10.7. The van der Waals surface area contributed by atoms with Gasteiger partial charge in [-0.2, -0.15) is 13.2 Å². The normalized spacial score (nSPS) is 15.8. The molecule has 20 heavy (non-hydrogen) atoms. The summed E-state index contributed by atoms with van der Waals surface area (Å²) in [4.78, 5) is 12.8. The van der Waals surface area contributed by atoms with Crippen molar-refractivity contribution in [3.63, 3.8) is 0 Å². The maximum absolute atomic E-state index is 12.5. The van der Waals surface area contributed by atoms with Crippen LogP contribution in [0.2, 0.25) is 0 Å². The van der Waals surface area contributed by atoms with Crippen LogP contribution in [0.25, 0.3) is 0 Å². The highest BCUT2D eigenvalue weighted by Gasteiger charge is 2.31. The zero-order chi connectivity index (χ0) is 14.8. The van der Waals surface area contributed by atoms with Crippen molar-refractivity contribution >= 4 is 5.91 Å². The molecule has 1 aliphatic heterocycles. The Hall–Kier alpha value is -1.82. The molecule has 0 spiro atoms. The summed E-state index contributed by atoms with van der Waals surface area (Å²) >= 11 is 0. The molecule has 1 amide bonds. The second kappa shape index (κ2) is 5.66. The van der Waals surface area contributed by atoms with Gasteiger partial charge in [0.1, 0.15) is 0 Å². The van der Waals surface area contributed by atoms with Gasteiger partial charge in [-0.15, -0.1) is 0 Å². The summed E-state index contributed by atoms with van der Waals surface area (Å²) in [6.45, 7) is 4.37. The van der Waals surface area contributed by atoms with Gasteiger partial charge in [0.05, 0.1) is 18.3 Å². The summed E-state index contributed by atoms with van der Waals surface area (Å²) in [5.74, 6) is -0.163. The average Bonchev–Trinajstić information content (AvgIpc) is 2.36. The van der Waals surface area contributed by atoms with Gasteiger partial charge in [0.25, 0.3) is 0 Å². The number of benzene rings is 1. The third kappa shape index (κ3) is 3.39. The number of carbonyl (C=O) groups excluding carboxylic acids is 1. The van der Waals surface area contributed by atoms with Crippen LogP contribution in [0.15, 0.2) is 36.9 Å². The SMILES string of the molecule is C=CC(=O)N1CC(OCc2cccc(C(F)(F)F)c2)C1. The molecule has 1 saturated heterocycles. The number of amides is 1. The highest BCUT2D eigenvalue weighted by molar-refractivity contribution is 5.87. The Morgan fingerprint density at radius 3 is 2.75 bits per heavy atom. The molecule has 108 valence electrons. The molecule has 1 aromatic carbocycles. The maximum atomic E-state index is 12.5. The van der Waals surface area contributed by atoms with E-state index in [-0.39, 0.29) is 18.6 Å². The summed E-state index contributed by atoms with van der Waals surface area (Å²) in [5.41, 5.74) is -0.219. The minimum absolute atomic E-state index is 0.102. The molecular formula is C14H14F3NO2. The van der Waals surface area contributed by atoms with E-state index in [1.807, 2.05) is 0 Å². The van der Waals surface area contributed by atoms with Crippen molar-refractivity contribution in [3.05, 3.63) is 48.0 Å². The molecule has 0 radical (unpaired) electrons. The molecular weight excluding hydrogens is 271 g/mol. The van der Waals surface area contributed by atoms with Crippen molar-refractivity contribution in [3.8, 4) is 0 Å². The van der Waals surface area contributed by atoms with Crippen LogP contribution < -0.4 is 0 Å². The van der Waals surface area contributed by atoms with E-state index >= 15 is 0 Å². The summed E-state index contributed by atoms with van der Waals surface area (Å²) in [5, 5.41) is 0. The van der Waals surface area contributed by atoms with Crippen LogP contribution in [0.5, 0.6) is 0 Å². The number of carbonyl (C=O) groups is 1. The van der Waals surface area contributed by atoms with Crippen molar-refractivity contribution in [2.24, 2.45) is 0 Å². The second-order valence-electron chi connectivity index (χ2n) is 4.58. The van der Waals surface area contributed by atoms with Crippen molar-refractivity contribution < 1.29 is 22.7 Å². The number of nitrogens with zero attached hydrogens (tertiary/aromatic N) is 1. The topological polar surface area (TPSA) is 29.5 Å². The van der Waals surface area contributed by atoms with Gasteiger partial charge in [0.2, 0.25) is 5.91 Å². The average molecular weight is 285 g/mol. The molecule has 1 heterocycles. The van der Waals surface area contributed by atoms with Crippen molar-refractivity contribution in [2.75, 3.05) is 13.1 Å². The molecule has 3 nitrogen and oxygen atoms in total. The Labute approximate surface area is 114 Å². The molecule has 0 bridgehead atoms. The minimum atomic E-state index is -4.35. The lowest BCUT2D eigenvalue weighted by molar-refractivity contribution is -0.141. The van der Waals surface area contributed by atoms with Crippen LogP contribution in [0, 0.1) is 0 Å². The first-order valence-corrected chi connectivity index (χ1v) is 6.09. The largest absolute Gasteiger partial charge is 0.416 e. The molecule has 0 saturated carbocycles. The van der Waals surface area contributed by atoms with Gasteiger partial charge in [-0.1, -0.05) is 18.7 Å². The lowest BCUT2D eigenvalue weighted by atomic mass is 10.1. The Balaban J connectivity index is 1.84. The number of rotatable bonds is 4. The van der Waals surface area contributed by atoms with Gasteiger partial charge in [0.15, 0.2) is 0 Å². The Morgan fingerprint density at radius 2 is 2.15 bits per heavy atom. The van der Waals surface area contributed by atoms with E-state index in [0.29, 0.717) is 18.7 Å². The van der Waals surface area contributed by atoms with E-state index in [0.717, 1.165) is 12.1 Å². The van der Waals surface area contributed by atoms with Gasteiger partial charge in [0, 0.05) is 13.1 Å². The van der Waals surface area contributed by atoms with Crippen molar-refractivity contribution in [1.29, 1.82) is 0 Å². The Bertz CT molecular complexity index is 507. The fraction of sp³-hybridized carbons (Fsp3) is 0.357. The van der Waals surface area contributed by atoms with E-state index in [2.05, 4.69) is 6.58 Å². The number of ether oxygens (including phenoxy) is 1. The summed E-state index contributed by atoms with van der Waals surface area (Å²) in [6, 6.07) is 5.04. The van der Waals surface area contributed by atoms with E-state index in [9.17, 15) is 18.0 Å².